The van der Waals surface area contributed by atoms with E-state index in [4.69, 9.17) is 6.42 Å². The lowest BCUT2D eigenvalue weighted by molar-refractivity contribution is 0.178. The molecule has 0 unspecified atom stereocenters. The predicted octanol–water partition coefficient (Wildman–Crippen LogP) is 4.60. The average Bonchev–Trinajstić information content (AvgIpc) is 3.10. The van der Waals surface area contributed by atoms with Crippen LogP contribution in [0.15, 0.2) is 30.3 Å². The van der Waals surface area contributed by atoms with Gasteiger partial charge in [0.1, 0.15) is 5.82 Å². The first-order valence-electron chi connectivity index (χ1n) is 10.1. The van der Waals surface area contributed by atoms with Gasteiger partial charge in [-0.15, -0.1) is 6.42 Å². The van der Waals surface area contributed by atoms with Gasteiger partial charge in [-0.2, -0.15) is 0 Å². The lowest BCUT2D eigenvalue weighted by Crippen LogP contribution is -2.52. The Morgan fingerprint density at radius 2 is 1.93 bits per heavy atom. The number of allylic oxidation sites excluding steroid dienone is 1. The molecule has 0 bridgehead atoms. The Kier molecular flexibility index (Phi) is 3.81. The predicted molar refractivity (Wildman–Crippen MR) is 107 cm³/mol. The van der Waals surface area contributed by atoms with Crippen molar-refractivity contribution in [1.29, 1.82) is 0 Å². The molecule has 3 heteroatoms. The van der Waals surface area contributed by atoms with Gasteiger partial charge in [-0.25, -0.2) is 4.39 Å². The topological polar surface area (TPSA) is 27.8 Å². The summed E-state index contributed by atoms with van der Waals surface area (Å²) in [5.74, 6) is 2.84. The number of hydrogen-bond acceptors (Lipinski definition) is 1. The molecule has 27 heavy (non-hydrogen) atoms. The Morgan fingerprint density at radius 1 is 1.07 bits per heavy atom. The molecule has 0 saturated heterocycles. The fourth-order valence-electron chi connectivity index (χ4n) is 5.49. The lowest BCUT2D eigenvalue weighted by atomic mass is 9.62. The van der Waals surface area contributed by atoms with Crippen LogP contribution in [0, 0.1) is 18.2 Å². The van der Waals surface area contributed by atoms with Gasteiger partial charge in [0.05, 0.1) is 11.0 Å². The highest BCUT2D eigenvalue weighted by atomic mass is 19.1. The second-order valence-corrected chi connectivity index (χ2v) is 8.31. The van der Waals surface area contributed by atoms with Crippen LogP contribution in [0.5, 0.6) is 0 Å². The summed E-state index contributed by atoms with van der Waals surface area (Å²) in [6, 6.07) is 6.87. The highest BCUT2D eigenvalue weighted by Crippen LogP contribution is 2.49. The highest BCUT2D eigenvalue weighted by molar-refractivity contribution is 5.59. The van der Waals surface area contributed by atoms with Crippen molar-refractivity contribution >= 4 is 6.08 Å². The van der Waals surface area contributed by atoms with Gasteiger partial charge in [-0.1, -0.05) is 24.1 Å². The maximum absolute atomic E-state index is 13.8. The van der Waals surface area contributed by atoms with Gasteiger partial charge in [-0.3, -0.25) is 0 Å². The lowest BCUT2D eigenvalue weighted by Gasteiger charge is -2.47. The SMILES string of the molecule is C#CC1(c2cccc(F)c2)CCC2(CC1)NCCc1c2[nH]c2c1CCC=C2. The van der Waals surface area contributed by atoms with Crippen LogP contribution in [0.4, 0.5) is 4.39 Å². The number of rotatable bonds is 1. The largest absolute Gasteiger partial charge is 0.357 e. The Morgan fingerprint density at radius 3 is 2.70 bits per heavy atom. The molecule has 1 saturated carbocycles. The molecule has 1 fully saturated rings. The fraction of sp³-hybridized carbons (Fsp3) is 0.417. The molecule has 3 aliphatic rings. The van der Waals surface area contributed by atoms with Crippen molar-refractivity contribution in [1.82, 2.24) is 10.3 Å². The third-order valence-corrected chi connectivity index (χ3v) is 7.02. The van der Waals surface area contributed by atoms with E-state index in [0.29, 0.717) is 0 Å². The normalized spacial score (nSPS) is 29.2. The zero-order valence-electron chi connectivity index (χ0n) is 15.6. The summed E-state index contributed by atoms with van der Waals surface area (Å²) in [7, 11) is 0. The van der Waals surface area contributed by atoms with Crippen LogP contribution in [0.3, 0.4) is 0 Å². The molecular formula is C24H25FN2. The third-order valence-electron chi connectivity index (χ3n) is 7.02. The second kappa shape index (κ2) is 6.11. The van der Waals surface area contributed by atoms with E-state index in [1.165, 1.54) is 28.6 Å². The van der Waals surface area contributed by atoms with E-state index in [-0.39, 0.29) is 16.8 Å². The van der Waals surface area contributed by atoms with Crippen molar-refractivity contribution in [3.05, 3.63) is 64.2 Å². The van der Waals surface area contributed by atoms with Crippen molar-refractivity contribution in [3.63, 3.8) is 0 Å². The molecule has 138 valence electrons. The van der Waals surface area contributed by atoms with Crippen LogP contribution >= 0.6 is 0 Å². The maximum atomic E-state index is 13.8. The molecule has 1 spiro atoms. The zero-order valence-corrected chi connectivity index (χ0v) is 15.6. The first-order chi connectivity index (χ1) is 13.2. The number of aromatic nitrogens is 1. The molecule has 5 rings (SSSR count). The second-order valence-electron chi connectivity index (χ2n) is 8.31. The third kappa shape index (κ3) is 2.51. The summed E-state index contributed by atoms with van der Waals surface area (Å²) in [5.41, 5.74) is 6.30. The van der Waals surface area contributed by atoms with Crippen LogP contribution < -0.4 is 5.32 Å². The van der Waals surface area contributed by atoms with Gasteiger partial charge in [0.25, 0.3) is 0 Å². The summed E-state index contributed by atoms with van der Waals surface area (Å²) in [5, 5.41) is 3.83. The van der Waals surface area contributed by atoms with Crippen molar-refractivity contribution in [2.45, 2.75) is 55.9 Å². The molecule has 2 N–H and O–H groups in total. The fourth-order valence-corrected chi connectivity index (χ4v) is 5.49. The van der Waals surface area contributed by atoms with E-state index in [9.17, 15) is 4.39 Å². The monoisotopic (exact) mass is 360 g/mol. The smallest absolute Gasteiger partial charge is 0.123 e. The standard InChI is InChI=1S/C24H25FN2/c1-2-23(17-6-5-7-18(25)16-17)11-13-24(14-12-23)22-20(10-15-26-24)19-8-3-4-9-21(19)27-22/h1,4-7,9,16,26-27H,3,8,10-15H2. The number of nitrogens with one attached hydrogen (secondary N) is 2. The molecule has 2 heterocycles. The average molecular weight is 360 g/mol. The van der Waals surface area contributed by atoms with E-state index in [1.807, 2.05) is 6.07 Å². The molecule has 0 amide bonds. The maximum Gasteiger partial charge on any atom is 0.123 e. The zero-order chi connectivity index (χ0) is 18.5. The van der Waals surface area contributed by atoms with Crippen molar-refractivity contribution < 1.29 is 4.39 Å². The Hall–Kier alpha value is -2.31. The molecule has 2 aliphatic carbocycles. The van der Waals surface area contributed by atoms with Crippen molar-refractivity contribution in [2.24, 2.45) is 0 Å². The minimum absolute atomic E-state index is 0.0214. The minimum atomic E-state index is -0.362. The van der Waals surface area contributed by atoms with Gasteiger partial charge in [-0.05, 0) is 79.8 Å². The summed E-state index contributed by atoms with van der Waals surface area (Å²) in [4.78, 5) is 3.75. The number of halogens is 1. The van der Waals surface area contributed by atoms with E-state index >= 15 is 0 Å². The summed E-state index contributed by atoms with van der Waals surface area (Å²) in [6.07, 6.45) is 17.6. The van der Waals surface area contributed by atoms with Gasteiger partial charge in [0.2, 0.25) is 0 Å². The summed E-state index contributed by atoms with van der Waals surface area (Å²) in [6.45, 7) is 1.02. The number of hydrogen-bond donors (Lipinski definition) is 2. The van der Waals surface area contributed by atoms with Crippen molar-refractivity contribution in [2.75, 3.05) is 6.54 Å². The number of aromatic amines is 1. The number of terminal acetylenes is 1. The summed E-state index contributed by atoms with van der Waals surface area (Å²) < 4.78 is 13.8. The molecular weight excluding hydrogens is 335 g/mol. The van der Waals surface area contributed by atoms with E-state index in [2.05, 4.69) is 28.4 Å². The number of fused-ring (bicyclic) bond motifs is 4. The summed E-state index contributed by atoms with van der Waals surface area (Å²) >= 11 is 0. The Bertz CT molecular complexity index is 951. The van der Waals surface area contributed by atoms with Crippen LogP contribution in [-0.2, 0) is 23.8 Å². The van der Waals surface area contributed by atoms with Gasteiger partial charge < -0.3 is 10.3 Å². The van der Waals surface area contributed by atoms with E-state index in [0.717, 1.165) is 57.1 Å². The number of H-pyrrole nitrogens is 1. The quantitative estimate of drug-likeness (QED) is 0.715. The Balaban J connectivity index is 1.50. The van der Waals surface area contributed by atoms with Crippen LogP contribution in [0.1, 0.15) is 60.2 Å². The minimum Gasteiger partial charge on any atom is -0.357 e. The van der Waals surface area contributed by atoms with Crippen LogP contribution in [0.25, 0.3) is 6.08 Å². The first kappa shape index (κ1) is 16.8. The van der Waals surface area contributed by atoms with E-state index < -0.39 is 0 Å². The molecule has 0 atom stereocenters. The van der Waals surface area contributed by atoms with Crippen LogP contribution in [0.2, 0.25) is 0 Å². The molecule has 0 radical (unpaired) electrons. The molecule has 2 nitrogen and oxygen atoms in total. The van der Waals surface area contributed by atoms with Gasteiger partial charge in [0, 0.05) is 17.9 Å². The molecule has 1 aliphatic heterocycles. The first-order valence-corrected chi connectivity index (χ1v) is 10.1. The van der Waals surface area contributed by atoms with E-state index in [1.54, 1.807) is 12.1 Å². The Labute approximate surface area is 160 Å². The highest BCUT2D eigenvalue weighted by Gasteiger charge is 2.47. The number of benzene rings is 1. The van der Waals surface area contributed by atoms with Crippen LogP contribution in [-0.4, -0.2) is 11.5 Å². The molecule has 2 aromatic rings. The van der Waals surface area contributed by atoms with Gasteiger partial charge >= 0.3 is 0 Å². The van der Waals surface area contributed by atoms with Crippen molar-refractivity contribution in [3.8, 4) is 12.3 Å². The van der Waals surface area contributed by atoms with Gasteiger partial charge in [0.15, 0.2) is 0 Å². The molecule has 1 aromatic heterocycles. The molecule has 1 aromatic carbocycles.